The zero-order valence-corrected chi connectivity index (χ0v) is 22.8. The van der Waals surface area contributed by atoms with Crippen LogP contribution in [0.2, 0.25) is 0 Å². The number of amides is 1. The molecule has 4 aromatic rings. The van der Waals surface area contributed by atoms with Crippen LogP contribution in [0.5, 0.6) is 5.75 Å². The molecule has 0 bridgehead atoms. The smallest absolute Gasteiger partial charge is 0.548 e. The number of carbonyl (C=O) groups is 2. The molecule has 2 aromatic carbocycles. The van der Waals surface area contributed by atoms with Crippen molar-refractivity contribution in [1.29, 1.82) is 0 Å². The number of furan rings is 2. The van der Waals surface area contributed by atoms with Gasteiger partial charge in [0.2, 0.25) is 0 Å². The van der Waals surface area contributed by atoms with Crippen LogP contribution >= 0.6 is 11.8 Å². The van der Waals surface area contributed by atoms with Crippen molar-refractivity contribution in [3.63, 3.8) is 0 Å². The predicted octanol–water partition coefficient (Wildman–Crippen LogP) is 1.52. The molecule has 0 saturated heterocycles. The van der Waals surface area contributed by atoms with E-state index in [4.69, 9.17) is 13.6 Å². The van der Waals surface area contributed by atoms with E-state index in [9.17, 15) is 23.5 Å². The van der Waals surface area contributed by atoms with Gasteiger partial charge in [-0.1, -0.05) is 12.1 Å². The fourth-order valence-electron chi connectivity index (χ4n) is 3.48. The average molecular weight is 536 g/mol. The zero-order chi connectivity index (χ0) is 25.7. The van der Waals surface area contributed by atoms with E-state index in [2.05, 4.69) is 0 Å². The van der Waals surface area contributed by atoms with Crippen LogP contribution in [0.4, 0.5) is 8.78 Å². The number of hydrogen-bond acceptors (Lipinski definition) is 7. The third-order valence-electron chi connectivity index (χ3n) is 5.20. The molecule has 0 fully saturated rings. The number of nitrogens with zero attached hydrogens (tertiary/aromatic N) is 1. The first kappa shape index (κ1) is 28.5. The van der Waals surface area contributed by atoms with Gasteiger partial charge in [0.25, 0.3) is 5.91 Å². The standard InChI is InChI=1S/C26H21F2NO6S.Na/c1-36-24-12-22(28)21(27)11-20(24)16-4-6-17(7-5-16)34-15-19-8-9-23(35-19)26(32)29(14-25(30)31)13-18-3-2-10-33-18;/h2-12H,13-15H2,1H3,(H,30,31);/q;+1/p-1. The molecule has 0 saturated carbocycles. The van der Waals surface area contributed by atoms with Gasteiger partial charge in [0, 0.05) is 4.90 Å². The Morgan fingerprint density at radius 3 is 2.41 bits per heavy atom. The van der Waals surface area contributed by atoms with Gasteiger partial charge in [-0.25, -0.2) is 8.78 Å². The molecule has 0 spiro atoms. The summed E-state index contributed by atoms with van der Waals surface area (Å²) in [6.45, 7) is -0.684. The summed E-state index contributed by atoms with van der Waals surface area (Å²) in [6, 6.07) is 15.4. The van der Waals surface area contributed by atoms with Crippen LogP contribution in [-0.4, -0.2) is 29.6 Å². The van der Waals surface area contributed by atoms with Crippen LogP contribution in [0.3, 0.4) is 0 Å². The molecule has 4 rings (SSSR count). The van der Waals surface area contributed by atoms with Crippen molar-refractivity contribution < 1.29 is 66.6 Å². The summed E-state index contributed by atoms with van der Waals surface area (Å²) in [6.07, 6.45) is 3.20. The SMILES string of the molecule is CSc1cc(F)c(F)cc1-c1ccc(OCc2ccc(C(=O)N(CC(=O)[O-])Cc3ccco3)o2)cc1.[Na+]. The average Bonchev–Trinajstić information content (AvgIpc) is 3.56. The summed E-state index contributed by atoms with van der Waals surface area (Å²) in [5.74, 6) is -2.68. The molecule has 0 N–H and O–H groups in total. The number of ether oxygens (including phenoxy) is 1. The van der Waals surface area contributed by atoms with E-state index in [1.807, 2.05) is 0 Å². The van der Waals surface area contributed by atoms with E-state index in [0.29, 0.717) is 33.3 Å². The van der Waals surface area contributed by atoms with Crippen LogP contribution in [0.15, 0.2) is 80.7 Å². The number of halogens is 2. The number of carbonyl (C=O) groups excluding carboxylic acids is 2. The summed E-state index contributed by atoms with van der Waals surface area (Å²) >= 11 is 1.31. The van der Waals surface area contributed by atoms with Crippen molar-refractivity contribution in [3.05, 3.63) is 95.8 Å². The van der Waals surface area contributed by atoms with Crippen LogP contribution in [-0.2, 0) is 17.9 Å². The monoisotopic (exact) mass is 535 g/mol. The Balaban J connectivity index is 0.00000380. The molecule has 2 heterocycles. The topological polar surface area (TPSA) is 96.0 Å². The minimum atomic E-state index is -1.42. The van der Waals surface area contributed by atoms with E-state index < -0.39 is 30.1 Å². The Bertz CT molecular complexity index is 1360. The number of thioether (sulfide) groups is 1. The molecule has 0 aliphatic heterocycles. The van der Waals surface area contributed by atoms with E-state index in [1.165, 1.54) is 24.1 Å². The van der Waals surface area contributed by atoms with Gasteiger partial charge in [-0.05, 0) is 65.9 Å². The van der Waals surface area contributed by atoms with Crippen molar-refractivity contribution >= 4 is 23.6 Å². The van der Waals surface area contributed by atoms with E-state index in [1.54, 1.807) is 48.7 Å². The molecule has 37 heavy (non-hydrogen) atoms. The van der Waals surface area contributed by atoms with Crippen molar-refractivity contribution in [2.24, 2.45) is 0 Å². The first-order chi connectivity index (χ1) is 17.3. The molecule has 0 aliphatic carbocycles. The second-order valence-electron chi connectivity index (χ2n) is 7.66. The molecule has 7 nitrogen and oxygen atoms in total. The Kier molecular flexibility index (Phi) is 9.99. The maximum absolute atomic E-state index is 13.8. The molecular weight excluding hydrogens is 515 g/mol. The molecule has 2 aromatic heterocycles. The van der Waals surface area contributed by atoms with Gasteiger partial charge in [0.05, 0.1) is 25.3 Å². The van der Waals surface area contributed by atoms with E-state index in [-0.39, 0.29) is 48.5 Å². The first-order valence-electron chi connectivity index (χ1n) is 10.7. The molecule has 11 heteroatoms. The molecule has 0 unspecified atom stereocenters. The van der Waals surface area contributed by atoms with Crippen LogP contribution in [0.1, 0.15) is 22.1 Å². The fraction of sp³-hybridized carbons (Fsp3) is 0.154. The number of rotatable bonds is 10. The van der Waals surface area contributed by atoms with Crippen LogP contribution in [0, 0.1) is 11.6 Å². The van der Waals surface area contributed by atoms with Crippen molar-refractivity contribution in [1.82, 2.24) is 4.90 Å². The Morgan fingerprint density at radius 2 is 1.76 bits per heavy atom. The summed E-state index contributed by atoms with van der Waals surface area (Å²) in [4.78, 5) is 25.5. The molecular formula is C26H20F2NNaO6S. The number of carboxylic acid groups (broad SMARTS) is 1. The van der Waals surface area contributed by atoms with Gasteiger partial charge in [-0.15, -0.1) is 11.8 Å². The summed E-state index contributed by atoms with van der Waals surface area (Å²) in [7, 11) is 0. The molecule has 1 amide bonds. The van der Waals surface area contributed by atoms with E-state index >= 15 is 0 Å². The normalized spacial score (nSPS) is 10.6. The second kappa shape index (κ2) is 13.0. The van der Waals surface area contributed by atoms with Gasteiger partial charge >= 0.3 is 29.6 Å². The van der Waals surface area contributed by atoms with Crippen molar-refractivity contribution in [2.75, 3.05) is 12.8 Å². The third-order valence-corrected chi connectivity index (χ3v) is 5.97. The Labute approximate surface area is 237 Å². The summed E-state index contributed by atoms with van der Waals surface area (Å²) < 4.78 is 43.8. The number of benzene rings is 2. The summed E-state index contributed by atoms with van der Waals surface area (Å²) in [5.41, 5.74) is 1.26. The second-order valence-corrected chi connectivity index (χ2v) is 8.51. The van der Waals surface area contributed by atoms with Gasteiger partial charge in [-0.2, -0.15) is 0 Å². The minimum Gasteiger partial charge on any atom is -0.548 e. The minimum absolute atomic E-state index is 0. The third kappa shape index (κ3) is 7.26. The Hall–Kier alpha value is -3.05. The summed E-state index contributed by atoms with van der Waals surface area (Å²) in [5, 5.41) is 11.1. The maximum atomic E-state index is 13.8. The first-order valence-corrected chi connectivity index (χ1v) is 11.9. The molecule has 0 radical (unpaired) electrons. The van der Waals surface area contributed by atoms with E-state index in [0.717, 1.165) is 17.0 Å². The Morgan fingerprint density at radius 1 is 1.03 bits per heavy atom. The zero-order valence-electron chi connectivity index (χ0n) is 20.0. The number of hydrogen-bond donors (Lipinski definition) is 0. The van der Waals surface area contributed by atoms with Crippen molar-refractivity contribution in [3.8, 4) is 16.9 Å². The molecule has 0 atom stereocenters. The predicted molar refractivity (Wildman–Crippen MR) is 125 cm³/mol. The largest absolute Gasteiger partial charge is 1.00 e. The quantitative estimate of drug-likeness (QED) is 0.225. The van der Waals surface area contributed by atoms with Crippen LogP contribution < -0.4 is 39.4 Å². The number of carboxylic acids is 1. The molecule has 186 valence electrons. The van der Waals surface area contributed by atoms with Crippen molar-refractivity contribution in [2.45, 2.75) is 18.0 Å². The van der Waals surface area contributed by atoms with Gasteiger partial charge in [0.15, 0.2) is 17.4 Å². The van der Waals surface area contributed by atoms with Gasteiger partial charge < -0.3 is 28.4 Å². The number of aliphatic carboxylic acids is 1. The fourth-order valence-corrected chi connectivity index (χ4v) is 4.10. The van der Waals surface area contributed by atoms with Gasteiger partial charge in [-0.3, -0.25) is 4.79 Å². The molecule has 0 aliphatic rings. The van der Waals surface area contributed by atoms with Gasteiger partial charge in [0.1, 0.15) is 23.9 Å². The maximum Gasteiger partial charge on any atom is 1.00 e. The van der Waals surface area contributed by atoms with Crippen LogP contribution in [0.25, 0.3) is 11.1 Å².